The van der Waals surface area contributed by atoms with Crippen LogP contribution in [0, 0.1) is 11.3 Å². The second-order valence-corrected chi connectivity index (χ2v) is 4.85. The first kappa shape index (κ1) is 13.4. The number of hydrogen-bond donors (Lipinski definition) is 0. The van der Waals surface area contributed by atoms with Crippen LogP contribution < -0.4 is 0 Å². The summed E-state index contributed by atoms with van der Waals surface area (Å²) in [6, 6.07) is 0. The number of hydrogen-bond acceptors (Lipinski definition) is 2. The minimum Gasteiger partial charge on any atom is -0.463 e. The predicted octanol–water partition coefficient (Wildman–Crippen LogP) is 2.96. The van der Waals surface area contributed by atoms with Crippen molar-refractivity contribution in [2.75, 3.05) is 13.3 Å². The van der Waals surface area contributed by atoms with Crippen LogP contribution in [0.15, 0.2) is 0 Å². The molecule has 0 spiro atoms. The van der Waals surface area contributed by atoms with E-state index in [0.717, 1.165) is 6.42 Å². The highest BCUT2D eigenvalue weighted by atomic mass is 19.1. The third kappa shape index (κ3) is 6.87. The molecule has 3 heteroatoms. The summed E-state index contributed by atoms with van der Waals surface area (Å²) in [4.78, 5) is 11.2. The average Bonchev–Trinajstić information content (AvgIpc) is 1.96. The zero-order valence-corrected chi connectivity index (χ0v) is 9.60. The van der Waals surface area contributed by atoms with E-state index in [4.69, 9.17) is 4.74 Å². The molecule has 0 aromatic rings. The fraction of sp³-hybridized carbons (Fsp3) is 0.909. The van der Waals surface area contributed by atoms with Gasteiger partial charge < -0.3 is 4.74 Å². The summed E-state index contributed by atoms with van der Waals surface area (Å²) in [5, 5.41) is 0. The van der Waals surface area contributed by atoms with Crippen molar-refractivity contribution in [3.05, 3.63) is 0 Å². The Bertz CT molecular complexity index is 176. The SMILES string of the molecule is CC(C)CC(C)(C)CC(=O)OCCF. The van der Waals surface area contributed by atoms with E-state index >= 15 is 0 Å². The van der Waals surface area contributed by atoms with Gasteiger partial charge in [0.15, 0.2) is 0 Å². The molecule has 0 aromatic carbocycles. The van der Waals surface area contributed by atoms with Gasteiger partial charge in [-0.05, 0) is 17.8 Å². The first-order valence-corrected chi connectivity index (χ1v) is 5.09. The monoisotopic (exact) mass is 204 g/mol. The molecule has 0 radical (unpaired) electrons. The van der Waals surface area contributed by atoms with Crippen LogP contribution in [0.4, 0.5) is 4.39 Å². The Labute approximate surface area is 85.8 Å². The van der Waals surface area contributed by atoms with Crippen LogP contribution in [0.3, 0.4) is 0 Å². The number of esters is 1. The molecule has 0 atom stereocenters. The van der Waals surface area contributed by atoms with Crippen LogP contribution in [0.1, 0.15) is 40.5 Å². The van der Waals surface area contributed by atoms with Crippen molar-refractivity contribution in [1.29, 1.82) is 0 Å². The van der Waals surface area contributed by atoms with E-state index < -0.39 is 6.67 Å². The zero-order valence-electron chi connectivity index (χ0n) is 9.60. The summed E-state index contributed by atoms with van der Waals surface area (Å²) < 4.78 is 16.4. The Morgan fingerprint density at radius 2 is 2.00 bits per heavy atom. The second-order valence-electron chi connectivity index (χ2n) is 4.85. The maximum absolute atomic E-state index is 11.7. The highest BCUT2D eigenvalue weighted by Gasteiger charge is 2.23. The largest absolute Gasteiger partial charge is 0.463 e. The van der Waals surface area contributed by atoms with E-state index in [1.807, 2.05) is 13.8 Å². The molecular weight excluding hydrogens is 183 g/mol. The van der Waals surface area contributed by atoms with Crippen molar-refractivity contribution in [3.8, 4) is 0 Å². The van der Waals surface area contributed by atoms with E-state index in [9.17, 15) is 9.18 Å². The van der Waals surface area contributed by atoms with Crippen molar-refractivity contribution in [3.63, 3.8) is 0 Å². The normalized spacial score (nSPS) is 11.9. The lowest BCUT2D eigenvalue weighted by atomic mass is 9.81. The van der Waals surface area contributed by atoms with Gasteiger partial charge in [0.25, 0.3) is 0 Å². The summed E-state index contributed by atoms with van der Waals surface area (Å²) in [6.45, 7) is 7.59. The van der Waals surface area contributed by atoms with Crippen molar-refractivity contribution in [2.45, 2.75) is 40.5 Å². The molecule has 0 saturated carbocycles. The lowest BCUT2D eigenvalue weighted by molar-refractivity contribution is -0.146. The van der Waals surface area contributed by atoms with Gasteiger partial charge >= 0.3 is 5.97 Å². The fourth-order valence-electron chi connectivity index (χ4n) is 1.77. The van der Waals surface area contributed by atoms with Gasteiger partial charge in [0.2, 0.25) is 0 Å². The maximum Gasteiger partial charge on any atom is 0.306 e. The molecular formula is C11H21FO2. The third-order valence-electron chi connectivity index (χ3n) is 1.92. The van der Waals surface area contributed by atoms with Gasteiger partial charge in [-0.2, -0.15) is 0 Å². The number of carbonyl (C=O) groups excluding carboxylic acids is 1. The summed E-state index contributed by atoms with van der Waals surface area (Å²) in [7, 11) is 0. The van der Waals surface area contributed by atoms with Crippen LogP contribution in [0.25, 0.3) is 0 Å². The van der Waals surface area contributed by atoms with Crippen molar-refractivity contribution in [1.82, 2.24) is 0 Å². The highest BCUT2D eigenvalue weighted by Crippen LogP contribution is 2.29. The van der Waals surface area contributed by atoms with Crippen LogP contribution in [-0.2, 0) is 9.53 Å². The molecule has 0 fully saturated rings. The van der Waals surface area contributed by atoms with Crippen LogP contribution in [-0.4, -0.2) is 19.3 Å². The van der Waals surface area contributed by atoms with Crippen LogP contribution in [0.5, 0.6) is 0 Å². The highest BCUT2D eigenvalue weighted by molar-refractivity contribution is 5.70. The Kier molecular flexibility index (Phi) is 5.73. The molecule has 0 aromatic heterocycles. The number of rotatable bonds is 6. The molecule has 2 nitrogen and oxygen atoms in total. The molecule has 0 bridgehead atoms. The molecule has 0 rings (SSSR count). The third-order valence-corrected chi connectivity index (χ3v) is 1.92. The summed E-state index contributed by atoms with van der Waals surface area (Å²) in [6.07, 6.45) is 1.34. The predicted molar refractivity (Wildman–Crippen MR) is 54.8 cm³/mol. The molecule has 0 unspecified atom stereocenters. The molecule has 0 N–H and O–H groups in total. The van der Waals surface area contributed by atoms with Crippen LogP contribution >= 0.6 is 0 Å². The number of carbonyl (C=O) groups is 1. The molecule has 0 aliphatic rings. The van der Waals surface area contributed by atoms with E-state index in [1.54, 1.807) is 0 Å². The van der Waals surface area contributed by atoms with E-state index in [2.05, 4.69) is 13.8 Å². The Balaban J connectivity index is 3.89. The van der Waals surface area contributed by atoms with Gasteiger partial charge in [-0.25, -0.2) is 4.39 Å². The second kappa shape index (κ2) is 5.99. The van der Waals surface area contributed by atoms with Gasteiger partial charge in [-0.3, -0.25) is 4.79 Å². The summed E-state index contributed by atoms with van der Waals surface area (Å²) in [5.41, 5.74) is -0.0540. The first-order chi connectivity index (χ1) is 6.37. The quantitative estimate of drug-likeness (QED) is 0.622. The molecule has 0 amide bonds. The van der Waals surface area contributed by atoms with Crippen molar-refractivity contribution < 1.29 is 13.9 Å². The van der Waals surface area contributed by atoms with Gasteiger partial charge in [0, 0.05) is 0 Å². The Morgan fingerprint density at radius 3 is 2.43 bits per heavy atom. The smallest absolute Gasteiger partial charge is 0.306 e. The van der Waals surface area contributed by atoms with Gasteiger partial charge in [-0.1, -0.05) is 27.7 Å². The first-order valence-electron chi connectivity index (χ1n) is 5.09. The molecule has 0 saturated heterocycles. The van der Waals surface area contributed by atoms with Gasteiger partial charge in [0.05, 0.1) is 6.42 Å². The molecule has 84 valence electrons. The maximum atomic E-state index is 11.7. The van der Waals surface area contributed by atoms with Crippen molar-refractivity contribution in [2.24, 2.45) is 11.3 Å². The number of alkyl halides is 1. The lowest BCUT2D eigenvalue weighted by Gasteiger charge is -2.25. The Morgan fingerprint density at radius 1 is 1.43 bits per heavy atom. The van der Waals surface area contributed by atoms with E-state index in [-0.39, 0.29) is 18.0 Å². The van der Waals surface area contributed by atoms with E-state index in [1.165, 1.54) is 0 Å². The molecule has 14 heavy (non-hydrogen) atoms. The molecule has 0 aliphatic carbocycles. The van der Waals surface area contributed by atoms with Gasteiger partial charge in [-0.15, -0.1) is 0 Å². The molecule has 0 aliphatic heterocycles. The topological polar surface area (TPSA) is 26.3 Å². The zero-order chi connectivity index (χ0) is 11.2. The lowest BCUT2D eigenvalue weighted by Crippen LogP contribution is -2.21. The fourth-order valence-corrected chi connectivity index (χ4v) is 1.77. The molecule has 0 heterocycles. The van der Waals surface area contributed by atoms with Crippen molar-refractivity contribution >= 4 is 5.97 Å². The van der Waals surface area contributed by atoms with E-state index in [0.29, 0.717) is 12.3 Å². The minimum absolute atomic E-state index is 0.0540. The Hall–Kier alpha value is -0.600. The summed E-state index contributed by atoms with van der Waals surface area (Å²) in [5.74, 6) is 0.257. The van der Waals surface area contributed by atoms with Gasteiger partial charge in [0.1, 0.15) is 13.3 Å². The van der Waals surface area contributed by atoms with Crippen LogP contribution in [0.2, 0.25) is 0 Å². The number of halogens is 1. The minimum atomic E-state index is -0.601. The standard InChI is InChI=1S/C11H21FO2/c1-9(2)7-11(3,4)8-10(13)14-6-5-12/h9H,5-8H2,1-4H3. The summed E-state index contributed by atoms with van der Waals surface area (Å²) >= 11 is 0. The number of ether oxygens (including phenoxy) is 1. The average molecular weight is 204 g/mol.